The van der Waals surface area contributed by atoms with Crippen molar-refractivity contribution in [2.75, 3.05) is 0 Å². The van der Waals surface area contributed by atoms with Crippen LogP contribution in [0.5, 0.6) is 29.3 Å². The lowest BCUT2D eigenvalue weighted by molar-refractivity contribution is 0.305. The molecule has 0 bridgehead atoms. The van der Waals surface area contributed by atoms with Crippen molar-refractivity contribution in [2.24, 2.45) is 0 Å². The molecule has 0 spiro atoms. The van der Waals surface area contributed by atoms with Gasteiger partial charge in [0.2, 0.25) is 0 Å². The van der Waals surface area contributed by atoms with E-state index >= 15 is 0 Å². The molecule has 0 fully saturated rings. The van der Waals surface area contributed by atoms with Crippen molar-refractivity contribution in [3.8, 4) is 40.5 Å². The summed E-state index contributed by atoms with van der Waals surface area (Å²) < 4.78 is 17.4. The van der Waals surface area contributed by atoms with Crippen LogP contribution < -0.4 is 14.2 Å². The van der Waals surface area contributed by atoms with Crippen LogP contribution in [0.15, 0.2) is 104 Å². The summed E-state index contributed by atoms with van der Waals surface area (Å²) >= 11 is 0. The number of benzene rings is 3. The molecule has 0 aliphatic rings. The average molecular weight is 477 g/mol. The number of aromatic nitrogens is 4. The fourth-order valence-corrected chi connectivity index (χ4v) is 3.40. The molecule has 178 valence electrons. The number of ether oxygens (including phenoxy) is 3. The molecule has 2 aromatic heterocycles. The molecule has 7 heteroatoms. The molecular formula is C29H24N4O3. The summed E-state index contributed by atoms with van der Waals surface area (Å²) in [6, 6.07) is 27.5. The summed E-state index contributed by atoms with van der Waals surface area (Å²) in [6.45, 7) is 2.62. The van der Waals surface area contributed by atoms with Crippen LogP contribution in [0.1, 0.15) is 18.1 Å². The molecule has 0 atom stereocenters. The monoisotopic (exact) mass is 476 g/mol. The second-order valence-electron chi connectivity index (χ2n) is 7.93. The Morgan fingerprint density at radius 3 is 1.94 bits per heavy atom. The number of aryl methyl sites for hydroxylation is 1. The summed E-state index contributed by atoms with van der Waals surface area (Å²) in [5, 5.41) is 0. The highest BCUT2D eigenvalue weighted by Crippen LogP contribution is 2.25. The molecule has 0 saturated heterocycles. The van der Waals surface area contributed by atoms with Gasteiger partial charge in [-0.05, 0) is 60.0 Å². The molecule has 2 heterocycles. The van der Waals surface area contributed by atoms with Crippen LogP contribution in [0.2, 0.25) is 0 Å². The summed E-state index contributed by atoms with van der Waals surface area (Å²) in [6.07, 6.45) is 5.92. The molecule has 3 aromatic carbocycles. The maximum absolute atomic E-state index is 5.81. The Hall–Kier alpha value is -4.78. The minimum Gasteiger partial charge on any atom is -0.489 e. The van der Waals surface area contributed by atoms with E-state index in [0.29, 0.717) is 23.8 Å². The van der Waals surface area contributed by atoms with Crippen LogP contribution in [0.4, 0.5) is 0 Å². The third-order valence-corrected chi connectivity index (χ3v) is 5.38. The first-order chi connectivity index (χ1) is 17.7. The van der Waals surface area contributed by atoms with Gasteiger partial charge in [0.25, 0.3) is 0 Å². The first-order valence-corrected chi connectivity index (χ1v) is 11.6. The highest BCUT2D eigenvalue weighted by atomic mass is 16.5. The van der Waals surface area contributed by atoms with Crippen LogP contribution in [0, 0.1) is 0 Å². The number of nitrogens with zero attached hydrogens (tertiary/aromatic N) is 4. The minimum atomic E-state index is 0.234. The Morgan fingerprint density at radius 1 is 0.611 bits per heavy atom. The molecule has 0 saturated carbocycles. The van der Waals surface area contributed by atoms with Crippen molar-refractivity contribution >= 4 is 0 Å². The fourth-order valence-electron chi connectivity index (χ4n) is 3.40. The second kappa shape index (κ2) is 11.1. The molecule has 36 heavy (non-hydrogen) atoms. The first kappa shape index (κ1) is 23.0. The van der Waals surface area contributed by atoms with Gasteiger partial charge in [-0.1, -0.05) is 49.4 Å². The molecule has 5 rings (SSSR count). The van der Waals surface area contributed by atoms with E-state index in [1.165, 1.54) is 5.56 Å². The number of hydrogen-bond acceptors (Lipinski definition) is 7. The normalized spacial score (nSPS) is 10.6. The molecule has 0 aliphatic heterocycles. The van der Waals surface area contributed by atoms with Crippen LogP contribution >= 0.6 is 0 Å². The second-order valence-corrected chi connectivity index (χ2v) is 7.93. The van der Waals surface area contributed by atoms with Crippen LogP contribution in [-0.2, 0) is 13.0 Å². The van der Waals surface area contributed by atoms with E-state index < -0.39 is 0 Å². The molecule has 0 unspecified atom stereocenters. The van der Waals surface area contributed by atoms with E-state index in [2.05, 4.69) is 26.9 Å². The third-order valence-electron chi connectivity index (χ3n) is 5.38. The summed E-state index contributed by atoms with van der Waals surface area (Å²) in [4.78, 5) is 17.3. The van der Waals surface area contributed by atoms with Crippen LogP contribution in [0.3, 0.4) is 0 Å². The van der Waals surface area contributed by atoms with Crippen molar-refractivity contribution in [3.05, 3.63) is 115 Å². The maximum atomic E-state index is 5.81. The van der Waals surface area contributed by atoms with E-state index in [1.54, 1.807) is 24.7 Å². The van der Waals surface area contributed by atoms with Gasteiger partial charge in [-0.15, -0.1) is 0 Å². The van der Waals surface area contributed by atoms with Gasteiger partial charge in [0.05, 0.1) is 5.69 Å². The predicted molar refractivity (Wildman–Crippen MR) is 136 cm³/mol. The van der Waals surface area contributed by atoms with Crippen molar-refractivity contribution in [1.29, 1.82) is 0 Å². The van der Waals surface area contributed by atoms with Gasteiger partial charge >= 0.3 is 12.0 Å². The Morgan fingerprint density at radius 2 is 1.25 bits per heavy atom. The van der Waals surface area contributed by atoms with E-state index in [0.717, 1.165) is 23.3 Å². The lowest BCUT2D eigenvalue weighted by Crippen LogP contribution is -1.96. The topological polar surface area (TPSA) is 79.3 Å². The molecule has 0 N–H and O–H groups in total. The Bertz CT molecular complexity index is 1390. The van der Waals surface area contributed by atoms with Gasteiger partial charge in [0.1, 0.15) is 23.9 Å². The summed E-state index contributed by atoms with van der Waals surface area (Å²) in [5.41, 5.74) is 3.72. The van der Waals surface area contributed by atoms with E-state index in [-0.39, 0.29) is 12.0 Å². The molecule has 7 nitrogen and oxygen atoms in total. The Labute approximate surface area is 209 Å². The van der Waals surface area contributed by atoms with Gasteiger partial charge in [0.15, 0.2) is 0 Å². The van der Waals surface area contributed by atoms with E-state index in [9.17, 15) is 0 Å². The van der Waals surface area contributed by atoms with Crippen LogP contribution in [0.25, 0.3) is 11.3 Å². The fraction of sp³-hybridized carbons (Fsp3) is 0.103. The molecule has 0 amide bonds. The summed E-state index contributed by atoms with van der Waals surface area (Å²) in [5.74, 6) is 2.05. The molecule has 0 aliphatic carbocycles. The quantitative estimate of drug-likeness (QED) is 0.235. The van der Waals surface area contributed by atoms with Gasteiger partial charge in [-0.3, -0.25) is 0 Å². The highest BCUT2D eigenvalue weighted by Gasteiger charge is 2.08. The average Bonchev–Trinajstić information content (AvgIpc) is 2.94. The van der Waals surface area contributed by atoms with Gasteiger partial charge in [-0.25, -0.2) is 15.0 Å². The smallest absolute Gasteiger partial charge is 0.322 e. The Balaban J connectivity index is 1.19. The lowest BCUT2D eigenvalue weighted by Gasteiger charge is -2.08. The summed E-state index contributed by atoms with van der Waals surface area (Å²) in [7, 11) is 0. The maximum Gasteiger partial charge on any atom is 0.322 e. The lowest BCUT2D eigenvalue weighted by atomic mass is 10.2. The van der Waals surface area contributed by atoms with E-state index in [1.807, 2.05) is 78.9 Å². The van der Waals surface area contributed by atoms with E-state index in [4.69, 9.17) is 14.2 Å². The van der Waals surface area contributed by atoms with Crippen LogP contribution in [-0.4, -0.2) is 19.9 Å². The zero-order chi connectivity index (χ0) is 24.6. The largest absolute Gasteiger partial charge is 0.489 e. The SMILES string of the molecule is CCc1ccc(Oc2nccc(-c3cnc(Oc4ccc(OCc5ccccc5)cc4)nc3)n2)cc1. The number of hydrogen-bond donors (Lipinski definition) is 0. The number of rotatable bonds is 9. The van der Waals surface area contributed by atoms with Crippen molar-refractivity contribution < 1.29 is 14.2 Å². The van der Waals surface area contributed by atoms with Crippen molar-refractivity contribution in [2.45, 2.75) is 20.0 Å². The standard InChI is InChI=1S/C29H24N4O3/c1-2-21-8-10-25(11-9-21)36-29-30-17-16-27(33-29)23-18-31-28(32-19-23)35-26-14-12-24(13-15-26)34-20-22-6-4-3-5-7-22/h3-19H,2,20H2,1H3. The molecular weight excluding hydrogens is 452 g/mol. The molecule has 5 aromatic rings. The van der Waals surface area contributed by atoms with Gasteiger partial charge in [-0.2, -0.15) is 4.98 Å². The highest BCUT2D eigenvalue weighted by molar-refractivity contribution is 5.56. The minimum absolute atomic E-state index is 0.234. The Kier molecular flexibility index (Phi) is 7.09. The predicted octanol–water partition coefficient (Wildman–Crippen LogP) is 6.66. The zero-order valence-electron chi connectivity index (χ0n) is 19.7. The van der Waals surface area contributed by atoms with Gasteiger partial charge < -0.3 is 14.2 Å². The zero-order valence-corrected chi connectivity index (χ0v) is 19.7. The molecule has 0 radical (unpaired) electrons. The third kappa shape index (κ3) is 6.01. The van der Waals surface area contributed by atoms with Crippen molar-refractivity contribution in [3.63, 3.8) is 0 Å². The van der Waals surface area contributed by atoms with Crippen molar-refractivity contribution in [1.82, 2.24) is 19.9 Å². The first-order valence-electron chi connectivity index (χ1n) is 11.6. The van der Waals surface area contributed by atoms with Gasteiger partial charge in [0, 0.05) is 24.2 Å².